The maximum Gasteiger partial charge on any atom is 0.224 e. The molecular formula is C20H27N2O2S+. The highest BCUT2D eigenvalue weighted by molar-refractivity contribution is 7.07. The van der Waals surface area contributed by atoms with Crippen LogP contribution >= 0.6 is 11.3 Å². The average molecular weight is 360 g/mol. The van der Waals surface area contributed by atoms with E-state index in [1.807, 2.05) is 29.0 Å². The Morgan fingerprint density at radius 3 is 2.60 bits per heavy atom. The van der Waals surface area contributed by atoms with Gasteiger partial charge < -0.3 is 15.0 Å². The molecule has 134 valence electrons. The number of amides is 1. The van der Waals surface area contributed by atoms with Crippen molar-refractivity contribution in [3.8, 4) is 5.75 Å². The third-order valence-corrected chi connectivity index (χ3v) is 5.69. The van der Waals surface area contributed by atoms with Crippen LogP contribution in [0.25, 0.3) is 0 Å². The molecule has 1 aromatic carbocycles. The van der Waals surface area contributed by atoms with Gasteiger partial charge in [-0.2, -0.15) is 11.3 Å². The van der Waals surface area contributed by atoms with Crippen molar-refractivity contribution in [1.29, 1.82) is 0 Å². The van der Waals surface area contributed by atoms with Crippen molar-refractivity contribution in [3.63, 3.8) is 0 Å². The van der Waals surface area contributed by atoms with Crippen LogP contribution in [0.5, 0.6) is 5.75 Å². The molecule has 1 amide bonds. The highest BCUT2D eigenvalue weighted by Crippen LogP contribution is 2.16. The number of ether oxygens (including phenoxy) is 1. The van der Waals surface area contributed by atoms with Crippen LogP contribution in [-0.2, 0) is 11.2 Å². The molecule has 25 heavy (non-hydrogen) atoms. The Balaban J connectivity index is 1.65. The maximum atomic E-state index is 12.3. The van der Waals surface area contributed by atoms with Crippen LogP contribution in [0.15, 0.2) is 41.1 Å². The Hall–Kier alpha value is -1.85. The van der Waals surface area contributed by atoms with Gasteiger partial charge in [0.05, 0.1) is 33.2 Å². The van der Waals surface area contributed by atoms with Crippen LogP contribution in [0.3, 0.4) is 0 Å². The van der Waals surface area contributed by atoms with E-state index < -0.39 is 0 Å². The molecule has 0 aliphatic carbocycles. The van der Waals surface area contributed by atoms with Gasteiger partial charge in [0.2, 0.25) is 5.91 Å². The van der Waals surface area contributed by atoms with Crippen molar-refractivity contribution < 1.29 is 14.4 Å². The summed E-state index contributed by atoms with van der Waals surface area (Å²) in [7, 11) is 1.69. The van der Waals surface area contributed by atoms with Crippen molar-refractivity contribution in [2.75, 3.05) is 26.7 Å². The van der Waals surface area contributed by atoms with E-state index >= 15 is 0 Å². The van der Waals surface area contributed by atoms with Gasteiger partial charge in [-0.3, -0.25) is 4.79 Å². The SMILES string of the molecule is COc1ccc([C@H](CNC(=O)Cc2ccsc2)[NH+]2CCCCC2)cc1. The third-order valence-electron chi connectivity index (χ3n) is 4.95. The second-order valence-electron chi connectivity index (χ2n) is 6.66. The summed E-state index contributed by atoms with van der Waals surface area (Å²) in [4.78, 5) is 13.9. The molecule has 2 aromatic rings. The fourth-order valence-corrected chi connectivity index (χ4v) is 4.21. The monoisotopic (exact) mass is 359 g/mol. The first-order valence-electron chi connectivity index (χ1n) is 9.02. The lowest BCUT2D eigenvalue weighted by atomic mass is 10.0. The molecule has 0 bridgehead atoms. The molecule has 1 aliphatic rings. The van der Waals surface area contributed by atoms with E-state index in [0.29, 0.717) is 19.0 Å². The molecule has 5 heteroatoms. The maximum absolute atomic E-state index is 12.3. The summed E-state index contributed by atoms with van der Waals surface area (Å²) in [5.74, 6) is 0.978. The molecule has 2 heterocycles. The lowest BCUT2D eigenvalue weighted by molar-refractivity contribution is -0.935. The second-order valence-corrected chi connectivity index (χ2v) is 7.44. The van der Waals surface area contributed by atoms with Crippen LogP contribution in [0.4, 0.5) is 0 Å². The number of carbonyl (C=O) groups is 1. The Labute approximate surface area is 153 Å². The predicted molar refractivity (Wildman–Crippen MR) is 101 cm³/mol. The number of likely N-dealkylation sites (tertiary alicyclic amines) is 1. The molecule has 3 rings (SSSR count). The van der Waals surface area contributed by atoms with Gasteiger partial charge in [-0.25, -0.2) is 0 Å². The molecule has 2 N–H and O–H groups in total. The molecule has 0 spiro atoms. The molecule has 0 radical (unpaired) electrons. The van der Waals surface area contributed by atoms with Crippen molar-refractivity contribution >= 4 is 17.2 Å². The molecule has 1 saturated heterocycles. The average Bonchev–Trinajstić information content (AvgIpc) is 3.16. The minimum Gasteiger partial charge on any atom is -0.497 e. The van der Waals surface area contributed by atoms with Crippen LogP contribution in [-0.4, -0.2) is 32.7 Å². The summed E-state index contributed by atoms with van der Waals surface area (Å²) in [5.41, 5.74) is 2.36. The lowest BCUT2D eigenvalue weighted by Crippen LogP contribution is -3.13. The molecule has 1 aliphatic heterocycles. The zero-order chi connectivity index (χ0) is 17.5. The van der Waals surface area contributed by atoms with Gasteiger partial charge in [-0.15, -0.1) is 0 Å². The van der Waals surface area contributed by atoms with E-state index in [2.05, 4.69) is 17.4 Å². The molecule has 1 aromatic heterocycles. The summed E-state index contributed by atoms with van der Waals surface area (Å²) in [5, 5.41) is 7.21. The van der Waals surface area contributed by atoms with Gasteiger partial charge in [0.1, 0.15) is 11.8 Å². The largest absolute Gasteiger partial charge is 0.497 e. The van der Waals surface area contributed by atoms with Gasteiger partial charge in [0, 0.05) is 5.56 Å². The van der Waals surface area contributed by atoms with E-state index in [9.17, 15) is 4.79 Å². The van der Waals surface area contributed by atoms with Crippen molar-refractivity contribution in [1.82, 2.24) is 5.32 Å². The Morgan fingerprint density at radius 2 is 1.96 bits per heavy atom. The molecular weight excluding hydrogens is 332 g/mol. The van der Waals surface area contributed by atoms with Crippen LogP contribution in [0.1, 0.15) is 36.4 Å². The first-order valence-corrected chi connectivity index (χ1v) is 9.97. The van der Waals surface area contributed by atoms with Crippen LogP contribution in [0, 0.1) is 0 Å². The second kappa shape index (κ2) is 9.02. The summed E-state index contributed by atoms with van der Waals surface area (Å²) in [6.07, 6.45) is 4.33. The normalized spacial score (nSPS) is 16.4. The van der Waals surface area contributed by atoms with Gasteiger partial charge in [-0.05, 0) is 65.9 Å². The Kier molecular flexibility index (Phi) is 6.48. The van der Waals surface area contributed by atoms with Gasteiger partial charge in [-0.1, -0.05) is 0 Å². The summed E-state index contributed by atoms with van der Waals surface area (Å²) < 4.78 is 5.28. The van der Waals surface area contributed by atoms with E-state index in [0.717, 1.165) is 11.3 Å². The quantitative estimate of drug-likeness (QED) is 0.796. The molecule has 0 unspecified atom stereocenters. The van der Waals surface area contributed by atoms with E-state index in [1.54, 1.807) is 23.3 Å². The number of nitrogens with one attached hydrogen (secondary N) is 2. The topological polar surface area (TPSA) is 42.8 Å². The van der Waals surface area contributed by atoms with E-state index in [-0.39, 0.29) is 5.91 Å². The summed E-state index contributed by atoms with van der Waals surface area (Å²) in [6, 6.07) is 10.6. The summed E-state index contributed by atoms with van der Waals surface area (Å²) >= 11 is 1.63. The minimum atomic E-state index is 0.105. The minimum absolute atomic E-state index is 0.105. The number of rotatable bonds is 7. The van der Waals surface area contributed by atoms with Crippen LogP contribution < -0.4 is 15.0 Å². The fraction of sp³-hybridized carbons (Fsp3) is 0.450. The number of carbonyl (C=O) groups excluding carboxylic acids is 1. The number of quaternary nitrogens is 1. The first kappa shape index (κ1) is 18.0. The van der Waals surface area contributed by atoms with Crippen LogP contribution in [0.2, 0.25) is 0 Å². The van der Waals surface area contributed by atoms with E-state index in [4.69, 9.17) is 4.74 Å². The van der Waals surface area contributed by atoms with E-state index in [1.165, 1.54) is 37.9 Å². The van der Waals surface area contributed by atoms with Gasteiger partial charge >= 0.3 is 0 Å². The lowest BCUT2D eigenvalue weighted by Gasteiger charge is -2.32. The smallest absolute Gasteiger partial charge is 0.224 e. The number of hydrogen-bond donors (Lipinski definition) is 2. The molecule has 1 fully saturated rings. The zero-order valence-corrected chi connectivity index (χ0v) is 15.6. The summed E-state index contributed by atoms with van der Waals surface area (Å²) in [6.45, 7) is 3.04. The molecule has 0 saturated carbocycles. The van der Waals surface area contributed by atoms with Gasteiger partial charge in [0.25, 0.3) is 0 Å². The number of methoxy groups -OCH3 is 1. The van der Waals surface area contributed by atoms with Crippen molar-refractivity contribution in [2.24, 2.45) is 0 Å². The predicted octanol–water partition coefficient (Wildman–Crippen LogP) is 2.23. The first-order chi connectivity index (χ1) is 12.3. The highest BCUT2D eigenvalue weighted by Gasteiger charge is 2.26. The number of thiophene rings is 1. The number of piperidine rings is 1. The fourth-order valence-electron chi connectivity index (χ4n) is 3.55. The Morgan fingerprint density at radius 1 is 1.20 bits per heavy atom. The molecule has 4 nitrogen and oxygen atoms in total. The highest BCUT2D eigenvalue weighted by atomic mass is 32.1. The standard InChI is InChI=1S/C20H26N2O2S/c1-24-18-7-5-17(6-8-18)19(22-10-3-2-4-11-22)14-21-20(23)13-16-9-12-25-15-16/h5-9,12,15,19H,2-4,10-11,13-14H2,1H3,(H,21,23)/p+1/t19-/m0/s1. The van der Waals surface area contributed by atoms with Crippen molar-refractivity contribution in [3.05, 3.63) is 52.2 Å². The number of hydrogen-bond acceptors (Lipinski definition) is 3. The van der Waals surface area contributed by atoms with Gasteiger partial charge in [0.15, 0.2) is 0 Å². The van der Waals surface area contributed by atoms with Crippen molar-refractivity contribution in [2.45, 2.75) is 31.7 Å². The Bertz CT molecular complexity index is 649. The molecule has 1 atom stereocenters. The number of benzene rings is 1. The third kappa shape index (κ3) is 5.06. The zero-order valence-electron chi connectivity index (χ0n) is 14.8.